The maximum atomic E-state index is 9.02. The lowest BCUT2D eigenvalue weighted by atomic mass is 9.87. The molecule has 72 valence electrons. The van der Waals surface area contributed by atoms with Crippen LogP contribution in [0.25, 0.3) is 0 Å². The zero-order valence-corrected chi connectivity index (χ0v) is 8.59. The van der Waals surface area contributed by atoms with Crippen LogP contribution in [-0.2, 0) is 0 Å². The van der Waals surface area contributed by atoms with Crippen LogP contribution in [-0.4, -0.2) is 10.6 Å². The van der Waals surface area contributed by atoms with Gasteiger partial charge in [0.05, 0.1) is 17.4 Å². The van der Waals surface area contributed by atoms with Crippen molar-refractivity contribution in [3.05, 3.63) is 0 Å². The molecule has 0 amide bonds. The van der Waals surface area contributed by atoms with Crippen LogP contribution in [0.1, 0.15) is 32.1 Å². The monoisotopic (exact) mass is 196 g/mol. The number of nitrogens with zero attached hydrogens (tertiary/aromatic N) is 1. The highest BCUT2D eigenvalue weighted by atomic mass is 32.2. The molecule has 1 aliphatic heterocycles. The summed E-state index contributed by atoms with van der Waals surface area (Å²) in [6.07, 6.45) is 6.48. The van der Waals surface area contributed by atoms with E-state index in [1.807, 2.05) is 11.8 Å². The van der Waals surface area contributed by atoms with Gasteiger partial charge in [-0.25, -0.2) is 0 Å². The van der Waals surface area contributed by atoms with Crippen LogP contribution in [0, 0.1) is 23.2 Å². The maximum Gasteiger partial charge on any atom is 0.0746 e. The molecule has 0 radical (unpaired) electrons. The van der Waals surface area contributed by atoms with Gasteiger partial charge in [0.15, 0.2) is 0 Å². The average molecular weight is 196 g/mol. The predicted octanol–water partition coefficient (Wildman–Crippen LogP) is 2.11. The van der Waals surface area contributed by atoms with Crippen LogP contribution in [0.5, 0.6) is 0 Å². The van der Waals surface area contributed by atoms with E-state index in [0.717, 1.165) is 0 Å². The summed E-state index contributed by atoms with van der Waals surface area (Å²) in [4.78, 5) is 0. The second-order valence-electron chi connectivity index (χ2n) is 4.10. The van der Waals surface area contributed by atoms with Gasteiger partial charge in [-0.1, -0.05) is 19.3 Å². The number of rotatable bonds is 0. The molecular formula is C10H16N2S. The van der Waals surface area contributed by atoms with E-state index in [-0.39, 0.29) is 11.3 Å². The average Bonchev–Trinajstić information content (AvgIpc) is 2.32. The van der Waals surface area contributed by atoms with Gasteiger partial charge in [-0.3, -0.25) is 0 Å². The molecule has 2 N–H and O–H groups in total. The summed E-state index contributed by atoms with van der Waals surface area (Å²) in [5, 5.41) is 9.79. The SMILES string of the molecule is N#CC1C(N)SC2CCCCCC21. The van der Waals surface area contributed by atoms with E-state index < -0.39 is 0 Å². The number of hydrogen-bond acceptors (Lipinski definition) is 3. The molecule has 0 spiro atoms. The molecule has 1 saturated carbocycles. The van der Waals surface area contributed by atoms with Gasteiger partial charge in [0.1, 0.15) is 0 Å². The van der Waals surface area contributed by atoms with Crippen molar-refractivity contribution in [1.29, 1.82) is 5.26 Å². The first-order valence-electron chi connectivity index (χ1n) is 5.13. The maximum absolute atomic E-state index is 9.02. The Labute approximate surface area is 83.9 Å². The van der Waals surface area contributed by atoms with Crippen LogP contribution >= 0.6 is 11.8 Å². The second-order valence-corrected chi connectivity index (χ2v) is 5.52. The Kier molecular flexibility index (Phi) is 2.80. The van der Waals surface area contributed by atoms with Gasteiger partial charge in [-0.2, -0.15) is 5.26 Å². The summed E-state index contributed by atoms with van der Waals surface area (Å²) in [6, 6.07) is 2.39. The Balaban J connectivity index is 2.11. The zero-order chi connectivity index (χ0) is 9.26. The van der Waals surface area contributed by atoms with Crippen molar-refractivity contribution in [3.8, 4) is 6.07 Å². The first-order chi connectivity index (χ1) is 6.33. The summed E-state index contributed by atoms with van der Waals surface area (Å²) in [6.45, 7) is 0. The predicted molar refractivity (Wildman–Crippen MR) is 55.0 cm³/mol. The molecule has 2 aliphatic rings. The van der Waals surface area contributed by atoms with Crippen molar-refractivity contribution < 1.29 is 0 Å². The topological polar surface area (TPSA) is 49.8 Å². The Morgan fingerprint density at radius 2 is 2.00 bits per heavy atom. The lowest BCUT2D eigenvalue weighted by Crippen LogP contribution is -2.25. The number of hydrogen-bond donors (Lipinski definition) is 1. The highest BCUT2D eigenvalue weighted by Gasteiger charge is 2.42. The molecule has 0 aromatic carbocycles. The minimum Gasteiger partial charge on any atom is -0.318 e. The molecule has 0 aromatic rings. The van der Waals surface area contributed by atoms with E-state index in [0.29, 0.717) is 11.2 Å². The molecule has 13 heavy (non-hydrogen) atoms. The molecule has 1 saturated heterocycles. The van der Waals surface area contributed by atoms with Gasteiger partial charge in [-0.15, -0.1) is 11.8 Å². The first kappa shape index (κ1) is 9.36. The van der Waals surface area contributed by atoms with Gasteiger partial charge < -0.3 is 5.73 Å². The van der Waals surface area contributed by atoms with Gasteiger partial charge >= 0.3 is 0 Å². The highest BCUT2D eigenvalue weighted by Crippen LogP contribution is 2.46. The number of fused-ring (bicyclic) bond motifs is 1. The number of thioether (sulfide) groups is 1. The van der Waals surface area contributed by atoms with E-state index in [4.69, 9.17) is 11.0 Å². The van der Waals surface area contributed by atoms with Crippen molar-refractivity contribution in [1.82, 2.24) is 0 Å². The third-order valence-electron chi connectivity index (χ3n) is 3.30. The summed E-state index contributed by atoms with van der Waals surface area (Å²) in [5.41, 5.74) is 5.94. The van der Waals surface area contributed by atoms with E-state index >= 15 is 0 Å². The smallest absolute Gasteiger partial charge is 0.0746 e. The van der Waals surface area contributed by atoms with Crippen LogP contribution in [0.2, 0.25) is 0 Å². The van der Waals surface area contributed by atoms with Crippen molar-refractivity contribution in [2.75, 3.05) is 0 Å². The lowest BCUT2D eigenvalue weighted by Gasteiger charge is -2.16. The van der Waals surface area contributed by atoms with E-state index in [1.54, 1.807) is 0 Å². The van der Waals surface area contributed by atoms with Crippen molar-refractivity contribution in [2.24, 2.45) is 17.6 Å². The molecule has 0 aromatic heterocycles. The molecule has 2 nitrogen and oxygen atoms in total. The van der Waals surface area contributed by atoms with Gasteiger partial charge in [0.2, 0.25) is 0 Å². The quantitative estimate of drug-likeness (QED) is 0.645. The lowest BCUT2D eigenvalue weighted by molar-refractivity contribution is 0.388. The summed E-state index contributed by atoms with van der Waals surface area (Å²) < 4.78 is 0. The second kappa shape index (κ2) is 3.89. The minimum absolute atomic E-state index is 0.0816. The molecular weight excluding hydrogens is 180 g/mol. The normalized spacial score (nSPS) is 44.9. The van der Waals surface area contributed by atoms with Crippen molar-refractivity contribution >= 4 is 11.8 Å². The molecule has 4 unspecified atom stereocenters. The van der Waals surface area contributed by atoms with E-state index in [1.165, 1.54) is 32.1 Å². The molecule has 2 rings (SSSR count). The molecule has 3 heteroatoms. The van der Waals surface area contributed by atoms with Gasteiger partial charge in [-0.05, 0) is 18.8 Å². The van der Waals surface area contributed by atoms with Crippen molar-refractivity contribution in [3.63, 3.8) is 0 Å². The molecule has 2 fully saturated rings. The third kappa shape index (κ3) is 1.70. The number of nitriles is 1. The van der Waals surface area contributed by atoms with Gasteiger partial charge in [0.25, 0.3) is 0 Å². The fraction of sp³-hybridized carbons (Fsp3) is 0.900. The Morgan fingerprint density at radius 3 is 2.77 bits per heavy atom. The molecule has 4 atom stereocenters. The Hall–Kier alpha value is -0.200. The van der Waals surface area contributed by atoms with Crippen LogP contribution in [0.4, 0.5) is 0 Å². The Bertz CT molecular complexity index is 223. The minimum atomic E-state index is 0.0816. The summed E-state index contributed by atoms with van der Waals surface area (Å²) >= 11 is 1.85. The molecule has 1 aliphatic carbocycles. The zero-order valence-electron chi connectivity index (χ0n) is 7.78. The van der Waals surface area contributed by atoms with Crippen LogP contribution in [0.15, 0.2) is 0 Å². The Morgan fingerprint density at radius 1 is 1.23 bits per heavy atom. The van der Waals surface area contributed by atoms with E-state index in [2.05, 4.69) is 6.07 Å². The first-order valence-corrected chi connectivity index (χ1v) is 6.08. The summed E-state index contributed by atoms with van der Waals surface area (Å²) in [7, 11) is 0. The molecule has 1 heterocycles. The van der Waals surface area contributed by atoms with Crippen molar-refractivity contribution in [2.45, 2.75) is 42.7 Å². The van der Waals surface area contributed by atoms with Crippen LogP contribution < -0.4 is 5.73 Å². The number of nitrogens with two attached hydrogens (primary N) is 1. The highest BCUT2D eigenvalue weighted by molar-refractivity contribution is 8.00. The summed E-state index contributed by atoms with van der Waals surface area (Å²) in [5.74, 6) is 0.709. The largest absolute Gasteiger partial charge is 0.318 e. The third-order valence-corrected chi connectivity index (χ3v) is 4.84. The molecule has 0 bridgehead atoms. The fourth-order valence-electron chi connectivity index (χ4n) is 2.58. The fourth-order valence-corrected chi connectivity index (χ4v) is 4.23. The standard InChI is InChI=1S/C10H16N2S/c11-6-8-7-4-2-1-3-5-9(7)13-10(8)12/h7-10H,1-5,12H2. The van der Waals surface area contributed by atoms with Crippen LogP contribution in [0.3, 0.4) is 0 Å². The van der Waals surface area contributed by atoms with E-state index in [9.17, 15) is 0 Å². The van der Waals surface area contributed by atoms with Gasteiger partial charge in [0, 0.05) is 5.25 Å².